The summed E-state index contributed by atoms with van der Waals surface area (Å²) >= 11 is 0. The summed E-state index contributed by atoms with van der Waals surface area (Å²) in [5.74, 6) is 0. The van der Waals surface area contributed by atoms with Crippen LogP contribution in [0.5, 0.6) is 0 Å². The molecule has 0 aliphatic rings. The van der Waals surface area contributed by atoms with Crippen LogP contribution in [-0.4, -0.2) is 77.8 Å². The molecule has 0 amide bonds. The molecule has 0 aromatic rings. The van der Waals surface area contributed by atoms with Crippen LogP contribution in [0.1, 0.15) is 6.42 Å². The zero-order valence-corrected chi connectivity index (χ0v) is 6.65. The van der Waals surface area contributed by atoms with Crippen LogP contribution >= 0.6 is 0 Å². The molecule has 0 saturated heterocycles. The summed E-state index contributed by atoms with van der Waals surface area (Å²) < 4.78 is 0. The normalized spacial score (nSPS) is 10.7. The van der Waals surface area contributed by atoms with Crippen LogP contribution in [0.4, 0.5) is 0 Å². The summed E-state index contributed by atoms with van der Waals surface area (Å²) in [5.41, 5.74) is 5.25. The number of nitrogens with two attached hydrogens (primary N) is 1. The molecule has 0 aromatic heterocycles. The van der Waals surface area contributed by atoms with E-state index < -0.39 is 8.32 Å². The van der Waals surface area contributed by atoms with Crippen LogP contribution in [0.3, 0.4) is 0 Å². The number of hydrogen-bond acceptors (Lipinski definition) is 2. The van der Waals surface area contributed by atoms with Gasteiger partial charge < -0.3 is 10.5 Å². The minimum absolute atomic E-state index is 0. The molecular formula is C5H16NORbSi. The van der Waals surface area contributed by atoms with Crippen molar-refractivity contribution in [3.8, 4) is 0 Å². The Balaban J connectivity index is 0. The van der Waals surface area contributed by atoms with Crippen molar-refractivity contribution in [3.63, 3.8) is 0 Å². The maximum atomic E-state index is 9.23. The predicted molar refractivity (Wildman–Crippen MR) is 45.3 cm³/mol. The summed E-state index contributed by atoms with van der Waals surface area (Å²) in [6.07, 6.45) is 0.968. The van der Waals surface area contributed by atoms with E-state index in [1.54, 1.807) is 0 Å². The van der Waals surface area contributed by atoms with Crippen LogP contribution in [-0.2, 0) is 0 Å². The Labute approximate surface area is 107 Å². The van der Waals surface area contributed by atoms with Crippen molar-refractivity contribution in [1.82, 2.24) is 0 Å². The van der Waals surface area contributed by atoms with Gasteiger partial charge in [-0.25, -0.2) is 0 Å². The van der Waals surface area contributed by atoms with Gasteiger partial charge in [-0.15, -0.1) is 0 Å². The fraction of sp³-hybridized carbons (Fsp3) is 1.00. The topological polar surface area (TPSA) is 46.2 Å². The Bertz CT molecular complexity index is 64.5. The zero-order valence-electron chi connectivity index (χ0n) is 5.65. The van der Waals surface area contributed by atoms with E-state index in [1.807, 2.05) is 13.1 Å². The quantitative estimate of drug-likeness (QED) is 0.651. The van der Waals surface area contributed by atoms with Crippen LogP contribution < -0.4 is 5.73 Å². The van der Waals surface area contributed by atoms with Gasteiger partial charge in [0.1, 0.15) is 0 Å². The molecule has 4 heteroatoms. The molecular weight excluding hydrogens is 204 g/mol. The second kappa shape index (κ2) is 6.64. The number of hydrogen-bond donors (Lipinski definition) is 2. The van der Waals surface area contributed by atoms with Gasteiger partial charge in [0.05, 0.1) is 0 Å². The van der Waals surface area contributed by atoms with Crippen molar-refractivity contribution in [3.05, 3.63) is 0 Å². The predicted octanol–water partition coefficient (Wildman–Crippen LogP) is -0.116. The van der Waals surface area contributed by atoms with E-state index in [0.717, 1.165) is 12.5 Å². The van der Waals surface area contributed by atoms with Gasteiger partial charge >= 0.3 is 58.2 Å². The molecule has 0 aliphatic heterocycles. The molecule has 52 valence electrons. The Kier molecular flexibility index (Phi) is 9.98. The maximum absolute atomic E-state index is 9.23. The molecule has 0 fully saturated rings. The summed E-state index contributed by atoms with van der Waals surface area (Å²) in [7, 11) is -1.76. The third-order valence-electron chi connectivity index (χ3n) is 0.993. The average molecular weight is 220 g/mol. The van der Waals surface area contributed by atoms with Gasteiger partial charge in [0.2, 0.25) is 0 Å². The first kappa shape index (κ1) is 13.5. The van der Waals surface area contributed by atoms with Crippen molar-refractivity contribution in [2.45, 2.75) is 25.6 Å². The standard InChI is InChI=1S/C5H15NOSi.Rb.H/c1-8(2,7)5-3-4-6;;/h7H,3-6H2,1-2H3;;. The Hall–Kier alpha value is 1.94. The molecule has 0 atom stereocenters. The first-order chi connectivity index (χ1) is 3.56. The van der Waals surface area contributed by atoms with Crippen molar-refractivity contribution in [1.29, 1.82) is 0 Å². The van der Waals surface area contributed by atoms with Crippen molar-refractivity contribution < 1.29 is 4.80 Å². The van der Waals surface area contributed by atoms with E-state index in [0.29, 0.717) is 6.54 Å². The number of rotatable bonds is 3. The van der Waals surface area contributed by atoms with E-state index in [9.17, 15) is 4.80 Å². The van der Waals surface area contributed by atoms with Crippen molar-refractivity contribution in [2.75, 3.05) is 6.54 Å². The fourth-order valence-corrected chi connectivity index (χ4v) is 1.60. The fourth-order valence-electron chi connectivity index (χ4n) is 0.535. The summed E-state index contributed by atoms with van der Waals surface area (Å²) in [6, 6.07) is 0.934. The molecule has 2 nitrogen and oxygen atoms in total. The molecule has 0 aromatic carbocycles. The van der Waals surface area contributed by atoms with Gasteiger partial charge in [0, 0.05) is 0 Å². The first-order valence-corrected chi connectivity index (χ1v) is 6.14. The van der Waals surface area contributed by atoms with E-state index in [1.165, 1.54) is 0 Å². The van der Waals surface area contributed by atoms with Gasteiger partial charge in [-0.3, -0.25) is 0 Å². The summed E-state index contributed by atoms with van der Waals surface area (Å²) in [6.45, 7) is 4.57. The third kappa shape index (κ3) is 13.0. The van der Waals surface area contributed by atoms with Crippen molar-refractivity contribution >= 4 is 66.5 Å². The molecule has 9 heavy (non-hydrogen) atoms. The monoisotopic (exact) mass is 219 g/mol. The van der Waals surface area contributed by atoms with Gasteiger partial charge in [0.25, 0.3) is 0 Å². The van der Waals surface area contributed by atoms with E-state index in [2.05, 4.69) is 0 Å². The van der Waals surface area contributed by atoms with Crippen LogP contribution in [0.15, 0.2) is 0 Å². The summed E-state index contributed by atoms with van der Waals surface area (Å²) in [5, 5.41) is 0. The van der Waals surface area contributed by atoms with E-state index in [4.69, 9.17) is 5.73 Å². The van der Waals surface area contributed by atoms with Gasteiger partial charge in [-0.1, -0.05) is 0 Å². The Morgan fingerprint density at radius 3 is 2.00 bits per heavy atom. The second-order valence-electron chi connectivity index (χ2n) is 2.70. The van der Waals surface area contributed by atoms with E-state index in [-0.39, 0.29) is 58.2 Å². The SMILES string of the molecule is C[Si](C)(O)CCCN.[RbH]. The van der Waals surface area contributed by atoms with Crippen molar-refractivity contribution in [2.24, 2.45) is 5.73 Å². The van der Waals surface area contributed by atoms with E-state index >= 15 is 0 Å². The average Bonchev–Trinajstić information content (AvgIpc) is 1.59. The van der Waals surface area contributed by atoms with Crippen LogP contribution in [0, 0.1) is 0 Å². The third-order valence-corrected chi connectivity index (χ3v) is 2.57. The molecule has 0 aliphatic carbocycles. The molecule has 0 bridgehead atoms. The molecule has 3 N–H and O–H groups in total. The zero-order chi connectivity index (χ0) is 6.62. The molecule has 0 heterocycles. The van der Waals surface area contributed by atoms with Crippen LogP contribution in [0.2, 0.25) is 19.1 Å². The Morgan fingerprint density at radius 1 is 1.44 bits per heavy atom. The molecule has 0 unspecified atom stereocenters. The van der Waals surface area contributed by atoms with Gasteiger partial charge in [-0.2, -0.15) is 0 Å². The second-order valence-corrected chi connectivity index (χ2v) is 6.83. The summed E-state index contributed by atoms with van der Waals surface area (Å²) in [4.78, 5) is 9.23. The Morgan fingerprint density at radius 2 is 1.89 bits per heavy atom. The minimum atomic E-state index is -1.76. The molecule has 0 saturated carbocycles. The van der Waals surface area contributed by atoms with Crippen LogP contribution in [0.25, 0.3) is 0 Å². The molecule has 0 radical (unpaired) electrons. The molecule has 0 rings (SSSR count). The van der Waals surface area contributed by atoms with Gasteiger partial charge in [-0.05, 0) is 32.1 Å². The molecule has 0 spiro atoms. The van der Waals surface area contributed by atoms with Gasteiger partial charge in [0.15, 0.2) is 8.32 Å². The first-order valence-electron chi connectivity index (χ1n) is 2.99.